The molecule has 28 heavy (non-hydrogen) atoms. The van der Waals surface area contributed by atoms with Crippen LogP contribution >= 0.6 is 11.6 Å². The van der Waals surface area contributed by atoms with Crippen LogP contribution in [-0.2, 0) is 11.2 Å². The van der Waals surface area contributed by atoms with Gasteiger partial charge in [0.1, 0.15) is 0 Å². The number of aromatic nitrogens is 2. The molecule has 1 amide bonds. The molecule has 0 bridgehead atoms. The Labute approximate surface area is 170 Å². The summed E-state index contributed by atoms with van der Waals surface area (Å²) in [7, 11) is 0. The van der Waals surface area contributed by atoms with Gasteiger partial charge in [-0.15, -0.1) is 0 Å². The average Bonchev–Trinajstić information content (AvgIpc) is 3.10. The summed E-state index contributed by atoms with van der Waals surface area (Å²) >= 11 is 6.02. The monoisotopic (exact) mass is 403 g/mol. The molecule has 1 heterocycles. The number of aryl methyl sites for hydroxylation is 1. The van der Waals surface area contributed by atoms with Crippen LogP contribution in [0.1, 0.15) is 77.7 Å². The summed E-state index contributed by atoms with van der Waals surface area (Å²) in [5.74, 6) is 0.154. The van der Waals surface area contributed by atoms with Gasteiger partial charge in [0.15, 0.2) is 11.0 Å². The van der Waals surface area contributed by atoms with Crippen molar-refractivity contribution in [3.63, 3.8) is 0 Å². The summed E-state index contributed by atoms with van der Waals surface area (Å²) in [4.78, 5) is 31.4. The third-order valence-electron chi connectivity index (χ3n) is 5.23. The zero-order valence-electron chi connectivity index (χ0n) is 16.3. The van der Waals surface area contributed by atoms with Crippen LogP contribution in [0, 0.1) is 0 Å². The van der Waals surface area contributed by atoms with Crippen molar-refractivity contribution in [2.75, 3.05) is 6.61 Å². The lowest BCUT2D eigenvalue weighted by atomic mass is 9.81. The van der Waals surface area contributed by atoms with Crippen LogP contribution in [0.25, 0.3) is 0 Å². The molecule has 1 aromatic carbocycles. The number of halogens is 1. The zero-order chi connectivity index (χ0) is 20.1. The van der Waals surface area contributed by atoms with Gasteiger partial charge in [-0.3, -0.25) is 4.79 Å². The van der Waals surface area contributed by atoms with Crippen molar-refractivity contribution in [2.45, 2.75) is 57.9 Å². The summed E-state index contributed by atoms with van der Waals surface area (Å²) in [5, 5.41) is 3.41. The number of hydrogen-bond donors (Lipinski definition) is 2. The van der Waals surface area contributed by atoms with Gasteiger partial charge in [-0.1, -0.05) is 30.7 Å². The first-order chi connectivity index (χ1) is 13.5. The van der Waals surface area contributed by atoms with Crippen LogP contribution < -0.4 is 5.32 Å². The molecule has 1 saturated carbocycles. The Bertz CT molecular complexity index is 841. The lowest BCUT2D eigenvalue weighted by Crippen LogP contribution is -2.37. The number of aromatic amines is 1. The van der Waals surface area contributed by atoms with Crippen molar-refractivity contribution in [2.24, 2.45) is 0 Å². The molecule has 1 aromatic heterocycles. The highest BCUT2D eigenvalue weighted by Gasteiger charge is 2.25. The molecule has 7 heteroatoms. The van der Waals surface area contributed by atoms with Crippen molar-refractivity contribution in [3.8, 4) is 0 Å². The summed E-state index contributed by atoms with van der Waals surface area (Å²) in [6.07, 6.45) is 4.38. The normalized spacial score (nSPS) is 19.2. The Hall–Kier alpha value is -2.34. The largest absolute Gasteiger partial charge is 0.462 e. The van der Waals surface area contributed by atoms with E-state index in [9.17, 15) is 9.59 Å². The van der Waals surface area contributed by atoms with Gasteiger partial charge in [-0.25, -0.2) is 9.78 Å². The third-order valence-corrected chi connectivity index (χ3v) is 5.54. The van der Waals surface area contributed by atoms with E-state index in [0.717, 1.165) is 36.9 Å². The number of carbonyl (C=O) groups is 2. The maximum absolute atomic E-state index is 12.4. The van der Waals surface area contributed by atoms with E-state index < -0.39 is 0 Å². The molecule has 1 aliphatic carbocycles. The SMILES string of the molecule is CCOC(=O)c1cccc([C@H]2CC[C@H](NC(=O)c3nc(Cl)c(CC)[nH]3)CC2)c1. The summed E-state index contributed by atoms with van der Waals surface area (Å²) in [5.41, 5.74) is 2.52. The van der Waals surface area contributed by atoms with Crippen molar-refractivity contribution >= 4 is 23.5 Å². The first-order valence-corrected chi connectivity index (χ1v) is 10.2. The molecule has 0 saturated heterocycles. The number of benzene rings is 1. The number of amides is 1. The van der Waals surface area contributed by atoms with Gasteiger partial charge in [0.2, 0.25) is 0 Å². The maximum Gasteiger partial charge on any atom is 0.338 e. The number of nitrogens with zero attached hydrogens (tertiary/aromatic N) is 1. The minimum atomic E-state index is -0.283. The Kier molecular flexibility index (Phi) is 6.73. The molecule has 0 unspecified atom stereocenters. The Morgan fingerprint density at radius 2 is 2.00 bits per heavy atom. The Balaban J connectivity index is 1.56. The highest BCUT2D eigenvalue weighted by molar-refractivity contribution is 6.30. The predicted octanol–water partition coefficient (Wildman–Crippen LogP) is 4.26. The van der Waals surface area contributed by atoms with Crippen LogP contribution in [0.5, 0.6) is 0 Å². The van der Waals surface area contributed by atoms with E-state index in [0.29, 0.717) is 29.7 Å². The van der Waals surface area contributed by atoms with E-state index >= 15 is 0 Å². The fourth-order valence-electron chi connectivity index (χ4n) is 3.69. The topological polar surface area (TPSA) is 84.1 Å². The molecule has 2 N–H and O–H groups in total. The lowest BCUT2D eigenvalue weighted by molar-refractivity contribution is 0.0526. The number of carbonyl (C=O) groups excluding carboxylic acids is 2. The number of nitrogens with one attached hydrogen (secondary N) is 2. The molecule has 0 aliphatic heterocycles. The van der Waals surface area contributed by atoms with Gasteiger partial charge in [0, 0.05) is 6.04 Å². The fourth-order valence-corrected chi connectivity index (χ4v) is 3.95. The van der Waals surface area contributed by atoms with Crippen LogP contribution in [-0.4, -0.2) is 34.5 Å². The first kappa shape index (κ1) is 20.4. The summed E-state index contributed by atoms with van der Waals surface area (Å²) < 4.78 is 5.09. The summed E-state index contributed by atoms with van der Waals surface area (Å²) in [6, 6.07) is 7.79. The number of hydrogen-bond acceptors (Lipinski definition) is 4. The highest BCUT2D eigenvalue weighted by Crippen LogP contribution is 2.33. The number of imidazole rings is 1. The van der Waals surface area contributed by atoms with E-state index in [1.54, 1.807) is 13.0 Å². The van der Waals surface area contributed by atoms with E-state index in [2.05, 4.69) is 21.4 Å². The van der Waals surface area contributed by atoms with Crippen molar-refractivity contribution in [3.05, 3.63) is 52.1 Å². The van der Waals surface area contributed by atoms with E-state index in [4.69, 9.17) is 16.3 Å². The lowest BCUT2D eigenvalue weighted by Gasteiger charge is -2.29. The molecular weight excluding hydrogens is 378 g/mol. The van der Waals surface area contributed by atoms with Gasteiger partial charge < -0.3 is 15.0 Å². The Morgan fingerprint density at radius 3 is 2.64 bits per heavy atom. The molecular formula is C21H26ClN3O3. The van der Waals surface area contributed by atoms with Crippen LogP contribution in [0.2, 0.25) is 5.15 Å². The van der Waals surface area contributed by atoms with Gasteiger partial charge in [0.25, 0.3) is 5.91 Å². The summed E-state index contributed by atoms with van der Waals surface area (Å²) in [6.45, 7) is 4.13. The van der Waals surface area contributed by atoms with Crippen molar-refractivity contribution in [1.82, 2.24) is 15.3 Å². The molecule has 0 spiro atoms. The van der Waals surface area contributed by atoms with Crippen LogP contribution in [0.4, 0.5) is 0 Å². The van der Waals surface area contributed by atoms with Gasteiger partial charge in [-0.2, -0.15) is 0 Å². The molecule has 0 atom stereocenters. The van der Waals surface area contributed by atoms with Crippen LogP contribution in [0.15, 0.2) is 24.3 Å². The smallest absolute Gasteiger partial charge is 0.338 e. The fraction of sp³-hybridized carbons (Fsp3) is 0.476. The van der Waals surface area contributed by atoms with E-state index in [1.807, 2.05) is 19.1 Å². The number of rotatable bonds is 6. The molecule has 3 rings (SSSR count). The molecule has 6 nitrogen and oxygen atoms in total. The maximum atomic E-state index is 12.4. The second kappa shape index (κ2) is 9.24. The van der Waals surface area contributed by atoms with Gasteiger partial charge in [-0.05, 0) is 62.6 Å². The van der Waals surface area contributed by atoms with E-state index in [-0.39, 0.29) is 23.7 Å². The molecule has 1 aliphatic rings. The second-order valence-electron chi connectivity index (χ2n) is 7.08. The zero-order valence-corrected chi connectivity index (χ0v) is 17.0. The molecule has 0 radical (unpaired) electrons. The van der Waals surface area contributed by atoms with Crippen molar-refractivity contribution in [1.29, 1.82) is 0 Å². The Morgan fingerprint density at radius 1 is 1.25 bits per heavy atom. The van der Waals surface area contributed by atoms with E-state index in [1.165, 1.54) is 0 Å². The minimum absolute atomic E-state index is 0.117. The quantitative estimate of drug-likeness (QED) is 0.706. The number of ether oxygens (including phenoxy) is 1. The van der Waals surface area contributed by atoms with Crippen LogP contribution in [0.3, 0.4) is 0 Å². The predicted molar refractivity (Wildman–Crippen MR) is 108 cm³/mol. The third kappa shape index (κ3) is 4.73. The van der Waals surface area contributed by atoms with Crippen molar-refractivity contribution < 1.29 is 14.3 Å². The standard InChI is InChI=1S/C21H26ClN3O3/c1-3-17-18(22)25-19(24-17)20(26)23-16-10-8-13(9-11-16)14-6-5-7-15(12-14)21(27)28-4-2/h5-7,12-13,16H,3-4,8-11H2,1-2H3,(H,23,26)(H,24,25)/t13-,16-. The number of H-pyrrole nitrogens is 1. The molecule has 2 aromatic rings. The highest BCUT2D eigenvalue weighted by atomic mass is 35.5. The van der Waals surface area contributed by atoms with Gasteiger partial charge in [0.05, 0.1) is 17.9 Å². The second-order valence-corrected chi connectivity index (χ2v) is 7.43. The molecule has 1 fully saturated rings. The average molecular weight is 404 g/mol. The minimum Gasteiger partial charge on any atom is -0.462 e. The number of esters is 1. The first-order valence-electron chi connectivity index (χ1n) is 9.84. The molecule has 150 valence electrons. The van der Waals surface area contributed by atoms with Gasteiger partial charge >= 0.3 is 5.97 Å².